The van der Waals surface area contributed by atoms with Crippen LogP contribution < -0.4 is 11.1 Å². The smallest absolute Gasteiger partial charge is 0.322 e. The first kappa shape index (κ1) is 7.72. The van der Waals surface area contributed by atoms with Crippen molar-refractivity contribution in [2.24, 2.45) is 5.73 Å². The summed E-state index contributed by atoms with van der Waals surface area (Å²) in [5.41, 5.74) is 4.99. The third-order valence-corrected chi connectivity index (χ3v) is 0.718. The van der Waals surface area contributed by atoms with Gasteiger partial charge in [-0.05, 0) is 0 Å². The van der Waals surface area contributed by atoms with Gasteiger partial charge < -0.3 is 16.2 Å². The van der Waals surface area contributed by atoms with Crippen LogP contribution in [0.2, 0.25) is 0 Å². The summed E-state index contributed by atoms with van der Waals surface area (Å²) in [7, 11) is 0. The predicted octanol–water partition coefficient (Wildman–Crippen LogP) is -1.53. The number of nitrogens with one attached hydrogen (secondary N) is 1. The Balaban J connectivity index is 3.41. The number of carboxylic acid groups (broad SMARTS) is 1. The number of rotatable bonds is 3. The summed E-state index contributed by atoms with van der Waals surface area (Å²) in [6, 6.07) is -0.996. The van der Waals surface area contributed by atoms with E-state index in [-0.39, 0.29) is 6.54 Å². The number of nitrogens with two attached hydrogens (primary N) is 1. The lowest BCUT2D eigenvalue weighted by Crippen LogP contribution is -2.38. The van der Waals surface area contributed by atoms with Crippen LogP contribution in [0.1, 0.15) is 0 Å². The second-order valence-electron chi connectivity index (χ2n) is 1.44. The van der Waals surface area contributed by atoms with Crippen molar-refractivity contribution in [3.63, 3.8) is 0 Å². The minimum atomic E-state index is -1.11. The quantitative estimate of drug-likeness (QED) is 0.317. The van der Waals surface area contributed by atoms with Gasteiger partial charge in [0, 0.05) is 0 Å². The monoisotopic (exact) mass is 129 g/mol. The zero-order valence-electron chi connectivity index (χ0n) is 4.66. The number of hydrogen-bond acceptors (Lipinski definition) is 4. The lowest BCUT2D eigenvalue weighted by atomic mass is 10.3. The molecule has 5 nitrogen and oxygen atoms in total. The lowest BCUT2D eigenvalue weighted by molar-refractivity contribution is -0.138. The van der Waals surface area contributed by atoms with E-state index in [9.17, 15) is 4.79 Å². The molecule has 4 N–H and O–H groups in total. The maximum atomic E-state index is 9.93. The van der Waals surface area contributed by atoms with Crippen LogP contribution in [-0.2, 0) is 4.79 Å². The Morgan fingerprint density at radius 1 is 2.00 bits per heavy atom. The highest BCUT2D eigenvalue weighted by molar-refractivity contribution is 5.73. The first-order chi connectivity index (χ1) is 4.18. The molecule has 0 aromatic rings. The van der Waals surface area contributed by atoms with E-state index < -0.39 is 12.0 Å². The van der Waals surface area contributed by atoms with Crippen LogP contribution in [0.15, 0.2) is 0 Å². The van der Waals surface area contributed by atoms with Crippen molar-refractivity contribution >= 4 is 5.97 Å². The molecule has 1 unspecified atom stereocenters. The van der Waals surface area contributed by atoms with Gasteiger partial charge in [0.2, 0.25) is 0 Å². The Bertz CT molecular complexity index is 139. The Morgan fingerprint density at radius 2 is 2.56 bits per heavy atom. The van der Waals surface area contributed by atoms with E-state index in [0.29, 0.717) is 0 Å². The number of nitrogens with zero attached hydrogens (tertiary/aromatic N) is 1. The van der Waals surface area contributed by atoms with Crippen LogP contribution in [0.5, 0.6) is 0 Å². The van der Waals surface area contributed by atoms with Crippen LogP contribution in [0.25, 0.3) is 0 Å². The van der Waals surface area contributed by atoms with Gasteiger partial charge in [0.05, 0.1) is 6.54 Å². The summed E-state index contributed by atoms with van der Waals surface area (Å²) in [5.74, 6) is -1.11. The molecule has 0 aliphatic heterocycles. The molecule has 0 aromatic heterocycles. The summed E-state index contributed by atoms with van der Waals surface area (Å²) >= 11 is 0. The first-order valence-electron chi connectivity index (χ1n) is 2.29. The highest BCUT2D eigenvalue weighted by atomic mass is 16.4. The molecule has 0 saturated carbocycles. The summed E-state index contributed by atoms with van der Waals surface area (Å²) in [6.07, 6.45) is 1.56. The fourth-order valence-electron chi connectivity index (χ4n) is 0.243. The molecular formula is C4H7N3O2. The van der Waals surface area contributed by atoms with E-state index in [0.717, 1.165) is 0 Å². The van der Waals surface area contributed by atoms with Gasteiger partial charge in [0.15, 0.2) is 6.19 Å². The predicted molar refractivity (Wildman–Crippen MR) is 29.2 cm³/mol. The highest BCUT2D eigenvalue weighted by Gasteiger charge is 2.08. The van der Waals surface area contributed by atoms with E-state index in [4.69, 9.17) is 16.1 Å². The lowest BCUT2D eigenvalue weighted by Gasteiger charge is -2.01. The number of nitriles is 1. The van der Waals surface area contributed by atoms with E-state index in [1.54, 1.807) is 6.19 Å². The van der Waals surface area contributed by atoms with Crippen LogP contribution in [0.4, 0.5) is 0 Å². The van der Waals surface area contributed by atoms with Gasteiger partial charge in [-0.3, -0.25) is 4.79 Å². The molecular weight excluding hydrogens is 122 g/mol. The van der Waals surface area contributed by atoms with Gasteiger partial charge in [0.25, 0.3) is 0 Å². The van der Waals surface area contributed by atoms with E-state index >= 15 is 0 Å². The summed E-state index contributed by atoms with van der Waals surface area (Å²) in [4.78, 5) is 9.93. The van der Waals surface area contributed by atoms with Crippen molar-refractivity contribution < 1.29 is 9.90 Å². The molecule has 0 aromatic carbocycles. The van der Waals surface area contributed by atoms with E-state index in [1.165, 1.54) is 0 Å². The molecule has 0 aliphatic rings. The molecule has 0 spiro atoms. The maximum Gasteiger partial charge on any atom is 0.322 e. The fraction of sp³-hybridized carbons (Fsp3) is 0.500. The number of carboxylic acids is 1. The Labute approximate surface area is 52.1 Å². The Hall–Kier alpha value is -1.28. The molecule has 1 atom stereocenters. The van der Waals surface area contributed by atoms with Gasteiger partial charge >= 0.3 is 5.97 Å². The number of aliphatic carboxylic acids is 1. The van der Waals surface area contributed by atoms with E-state index in [2.05, 4.69) is 5.32 Å². The number of carbonyl (C=O) groups is 1. The first-order valence-corrected chi connectivity index (χ1v) is 2.29. The summed E-state index contributed by atoms with van der Waals surface area (Å²) in [6.45, 7) is -0.0220. The van der Waals surface area contributed by atoms with Crippen molar-refractivity contribution in [2.75, 3.05) is 6.54 Å². The molecule has 50 valence electrons. The second-order valence-corrected chi connectivity index (χ2v) is 1.44. The van der Waals surface area contributed by atoms with Gasteiger partial charge in [-0.1, -0.05) is 0 Å². The largest absolute Gasteiger partial charge is 0.480 e. The zero-order chi connectivity index (χ0) is 7.28. The fourth-order valence-corrected chi connectivity index (χ4v) is 0.243. The Kier molecular flexibility index (Phi) is 3.16. The molecule has 0 rings (SSSR count). The van der Waals surface area contributed by atoms with Gasteiger partial charge in [-0.15, -0.1) is 0 Å². The molecule has 0 heterocycles. The van der Waals surface area contributed by atoms with Crippen LogP contribution >= 0.6 is 0 Å². The molecule has 0 radical (unpaired) electrons. The van der Waals surface area contributed by atoms with Crippen LogP contribution in [0.3, 0.4) is 0 Å². The maximum absolute atomic E-state index is 9.93. The van der Waals surface area contributed by atoms with Gasteiger partial charge in [-0.25, -0.2) is 0 Å². The molecule has 9 heavy (non-hydrogen) atoms. The molecule has 5 heteroatoms. The van der Waals surface area contributed by atoms with Crippen molar-refractivity contribution in [2.45, 2.75) is 6.04 Å². The van der Waals surface area contributed by atoms with Crippen molar-refractivity contribution in [3.05, 3.63) is 0 Å². The minimum absolute atomic E-state index is 0.0220. The SMILES string of the molecule is N#CNCC(N)C(=O)O. The van der Waals surface area contributed by atoms with Gasteiger partial charge in [-0.2, -0.15) is 5.26 Å². The minimum Gasteiger partial charge on any atom is -0.480 e. The van der Waals surface area contributed by atoms with Crippen molar-refractivity contribution in [1.29, 1.82) is 5.26 Å². The average molecular weight is 129 g/mol. The molecule has 0 aliphatic carbocycles. The number of hydrogen-bond donors (Lipinski definition) is 3. The Morgan fingerprint density at radius 3 is 2.89 bits per heavy atom. The zero-order valence-corrected chi connectivity index (χ0v) is 4.66. The highest BCUT2D eigenvalue weighted by Crippen LogP contribution is 1.72. The van der Waals surface area contributed by atoms with Crippen LogP contribution in [-0.4, -0.2) is 23.7 Å². The molecule has 0 fully saturated rings. The molecule has 0 amide bonds. The van der Waals surface area contributed by atoms with Crippen LogP contribution in [0, 0.1) is 11.5 Å². The molecule has 0 saturated heterocycles. The molecule has 0 bridgehead atoms. The van der Waals surface area contributed by atoms with E-state index in [1.807, 2.05) is 0 Å². The van der Waals surface area contributed by atoms with Crippen molar-refractivity contribution in [1.82, 2.24) is 5.32 Å². The third-order valence-electron chi connectivity index (χ3n) is 0.718. The normalized spacial score (nSPS) is 11.6. The summed E-state index contributed by atoms with van der Waals surface area (Å²) < 4.78 is 0. The van der Waals surface area contributed by atoms with Gasteiger partial charge in [0.1, 0.15) is 6.04 Å². The second kappa shape index (κ2) is 3.69. The average Bonchev–Trinajstić information content (AvgIpc) is 1.82. The summed E-state index contributed by atoms with van der Waals surface area (Å²) in [5, 5.41) is 18.2. The topological polar surface area (TPSA) is 99.1 Å². The van der Waals surface area contributed by atoms with Crippen molar-refractivity contribution in [3.8, 4) is 6.19 Å². The standard InChI is InChI=1S/C4H7N3O2/c5-2-7-1-3(6)4(8)9/h3,7H,1,6H2,(H,8,9). The third kappa shape index (κ3) is 3.32.